The van der Waals surface area contributed by atoms with Crippen molar-refractivity contribution in [3.63, 3.8) is 0 Å². The van der Waals surface area contributed by atoms with Crippen molar-refractivity contribution in [3.05, 3.63) is 0 Å². The lowest BCUT2D eigenvalue weighted by Crippen LogP contribution is -2.17. The summed E-state index contributed by atoms with van der Waals surface area (Å²) in [5, 5.41) is 8.69. The standard InChI is InChI=1S/C3H5BINO2/c5-1-3-6-2-4(7)8-3/h7H,1-2H2. The van der Waals surface area contributed by atoms with Crippen molar-refractivity contribution in [1.82, 2.24) is 0 Å². The molecule has 5 heteroatoms. The highest BCUT2D eigenvalue weighted by molar-refractivity contribution is 14.1. The van der Waals surface area contributed by atoms with E-state index >= 15 is 0 Å². The minimum Gasteiger partial charge on any atom is -0.524 e. The van der Waals surface area contributed by atoms with Crippen LogP contribution in [0.5, 0.6) is 0 Å². The highest BCUT2D eigenvalue weighted by atomic mass is 127. The molecule has 0 bridgehead atoms. The van der Waals surface area contributed by atoms with Crippen LogP contribution in [0.2, 0.25) is 0 Å². The molecule has 0 aliphatic carbocycles. The van der Waals surface area contributed by atoms with Gasteiger partial charge in [0.05, 0.1) is 10.9 Å². The molecule has 0 atom stereocenters. The van der Waals surface area contributed by atoms with E-state index in [0.29, 0.717) is 12.3 Å². The summed E-state index contributed by atoms with van der Waals surface area (Å²) in [5.41, 5.74) is 0. The van der Waals surface area contributed by atoms with Crippen molar-refractivity contribution in [2.45, 2.75) is 0 Å². The fraction of sp³-hybridized carbons (Fsp3) is 0.667. The molecule has 0 fully saturated rings. The Bertz CT molecular complexity index is 118. The van der Waals surface area contributed by atoms with Gasteiger partial charge in [-0.2, -0.15) is 0 Å². The van der Waals surface area contributed by atoms with E-state index in [4.69, 9.17) is 9.68 Å². The molecule has 0 spiro atoms. The fourth-order valence-electron chi connectivity index (χ4n) is 0.485. The maximum Gasteiger partial charge on any atom is 0.546 e. The molecular formula is C3H5BINO2. The average molecular weight is 225 g/mol. The summed E-state index contributed by atoms with van der Waals surface area (Å²) in [5.74, 6) is 0.651. The monoisotopic (exact) mass is 225 g/mol. The lowest BCUT2D eigenvalue weighted by atomic mass is 9.93. The lowest BCUT2D eigenvalue weighted by molar-refractivity contribution is 0.426. The maximum absolute atomic E-state index is 8.69. The first-order valence-electron chi connectivity index (χ1n) is 2.27. The van der Waals surface area contributed by atoms with Gasteiger partial charge in [0, 0.05) is 0 Å². The van der Waals surface area contributed by atoms with E-state index in [2.05, 4.69) is 27.6 Å². The third-order valence-corrected chi connectivity index (χ3v) is 1.46. The zero-order valence-electron chi connectivity index (χ0n) is 4.17. The largest absolute Gasteiger partial charge is 0.546 e. The molecule has 0 aromatic heterocycles. The number of nitrogens with zero attached hydrogens (tertiary/aromatic N) is 1. The number of hydrogen-bond acceptors (Lipinski definition) is 3. The van der Waals surface area contributed by atoms with Crippen molar-refractivity contribution >= 4 is 35.6 Å². The zero-order valence-corrected chi connectivity index (χ0v) is 6.33. The summed E-state index contributed by atoms with van der Waals surface area (Å²) >= 11 is 2.13. The first kappa shape index (κ1) is 6.35. The minimum atomic E-state index is -0.681. The van der Waals surface area contributed by atoms with E-state index in [1.165, 1.54) is 0 Å². The normalized spacial score (nSPS) is 18.2. The molecule has 0 unspecified atom stereocenters. The highest BCUT2D eigenvalue weighted by Crippen LogP contribution is 1.99. The highest BCUT2D eigenvalue weighted by Gasteiger charge is 2.22. The molecular weight excluding hydrogens is 220 g/mol. The average Bonchev–Trinajstić information content (AvgIpc) is 2.14. The summed E-state index contributed by atoms with van der Waals surface area (Å²) < 4.78 is 5.55. The van der Waals surface area contributed by atoms with E-state index in [-0.39, 0.29) is 0 Å². The van der Waals surface area contributed by atoms with Gasteiger partial charge in [0.1, 0.15) is 0 Å². The fourth-order valence-corrected chi connectivity index (χ4v) is 0.906. The number of alkyl halides is 1. The predicted molar refractivity (Wildman–Crippen MR) is 40.2 cm³/mol. The van der Waals surface area contributed by atoms with Gasteiger partial charge in [-0.3, -0.25) is 4.99 Å². The van der Waals surface area contributed by atoms with Crippen LogP contribution in [0, 0.1) is 0 Å². The molecule has 1 aliphatic heterocycles. The molecule has 1 heterocycles. The second kappa shape index (κ2) is 2.68. The van der Waals surface area contributed by atoms with Crippen LogP contribution in [0.1, 0.15) is 0 Å². The van der Waals surface area contributed by atoms with E-state index in [1.54, 1.807) is 0 Å². The van der Waals surface area contributed by atoms with E-state index in [1.807, 2.05) is 0 Å². The Balaban J connectivity index is 2.37. The number of hydrogen-bond donors (Lipinski definition) is 1. The summed E-state index contributed by atoms with van der Waals surface area (Å²) in [4.78, 5) is 3.87. The molecule has 1 aliphatic rings. The summed E-state index contributed by atoms with van der Waals surface area (Å²) in [6, 6.07) is 0. The van der Waals surface area contributed by atoms with Crippen LogP contribution in [0.3, 0.4) is 0 Å². The first-order chi connectivity index (χ1) is 3.83. The van der Waals surface area contributed by atoms with E-state index in [9.17, 15) is 0 Å². The van der Waals surface area contributed by atoms with Crippen molar-refractivity contribution in [2.24, 2.45) is 4.99 Å². The minimum absolute atomic E-state index is 0.401. The number of halogens is 1. The molecule has 0 amide bonds. The van der Waals surface area contributed by atoms with Gasteiger partial charge >= 0.3 is 7.12 Å². The second-order valence-corrected chi connectivity index (χ2v) is 2.20. The lowest BCUT2D eigenvalue weighted by Gasteiger charge is -1.96. The number of rotatable bonds is 1. The Morgan fingerprint density at radius 2 is 2.75 bits per heavy atom. The molecule has 0 aromatic rings. The van der Waals surface area contributed by atoms with Crippen LogP contribution in [0.25, 0.3) is 0 Å². The molecule has 1 rings (SSSR count). The van der Waals surface area contributed by atoms with Crippen LogP contribution in [-0.2, 0) is 4.65 Å². The van der Waals surface area contributed by atoms with Gasteiger partial charge in [-0.15, -0.1) is 0 Å². The second-order valence-electron chi connectivity index (χ2n) is 1.44. The third-order valence-electron chi connectivity index (χ3n) is 0.810. The smallest absolute Gasteiger partial charge is 0.524 e. The van der Waals surface area contributed by atoms with Crippen LogP contribution in [0.4, 0.5) is 0 Å². The molecule has 0 radical (unpaired) electrons. The summed E-state index contributed by atoms with van der Waals surface area (Å²) in [6.45, 7) is 0. The third kappa shape index (κ3) is 1.35. The zero-order chi connectivity index (χ0) is 5.98. The van der Waals surface area contributed by atoms with Crippen molar-refractivity contribution in [3.8, 4) is 0 Å². The molecule has 0 aromatic carbocycles. The predicted octanol–water partition coefficient (Wildman–Crippen LogP) is -0.130. The quantitative estimate of drug-likeness (QED) is 0.383. The Morgan fingerprint density at radius 1 is 2.00 bits per heavy atom. The van der Waals surface area contributed by atoms with Crippen LogP contribution >= 0.6 is 22.6 Å². The Kier molecular flexibility index (Phi) is 2.12. The van der Waals surface area contributed by atoms with Crippen molar-refractivity contribution in [1.29, 1.82) is 0 Å². The maximum atomic E-state index is 8.69. The Morgan fingerprint density at radius 3 is 3.00 bits per heavy atom. The van der Waals surface area contributed by atoms with Gasteiger partial charge < -0.3 is 9.68 Å². The number of aliphatic imine (C=N–C) groups is 1. The molecule has 1 N–H and O–H groups in total. The van der Waals surface area contributed by atoms with E-state index < -0.39 is 7.12 Å². The van der Waals surface area contributed by atoms with Gasteiger partial charge in [0.2, 0.25) is 0 Å². The van der Waals surface area contributed by atoms with Crippen LogP contribution < -0.4 is 0 Å². The van der Waals surface area contributed by atoms with Gasteiger partial charge in [0.15, 0.2) is 5.90 Å². The van der Waals surface area contributed by atoms with Crippen molar-refractivity contribution in [2.75, 3.05) is 10.9 Å². The summed E-state index contributed by atoms with van der Waals surface area (Å²) in [7, 11) is -0.681. The van der Waals surface area contributed by atoms with Gasteiger partial charge in [-0.05, 0) is 0 Å². The summed E-state index contributed by atoms with van der Waals surface area (Å²) in [6.07, 6.45) is 0.401. The molecule has 0 saturated carbocycles. The first-order valence-corrected chi connectivity index (χ1v) is 3.79. The van der Waals surface area contributed by atoms with Crippen LogP contribution in [0.15, 0.2) is 4.99 Å². The Labute approximate surface area is 61.4 Å². The van der Waals surface area contributed by atoms with E-state index in [0.717, 1.165) is 4.43 Å². The van der Waals surface area contributed by atoms with Crippen molar-refractivity contribution < 1.29 is 9.68 Å². The van der Waals surface area contributed by atoms with Gasteiger partial charge in [0.25, 0.3) is 0 Å². The van der Waals surface area contributed by atoms with Crippen LogP contribution in [-0.4, -0.2) is 28.9 Å². The SMILES string of the molecule is OB1CN=C(CI)O1. The topological polar surface area (TPSA) is 41.8 Å². The molecule has 3 nitrogen and oxygen atoms in total. The van der Waals surface area contributed by atoms with Gasteiger partial charge in [-0.1, -0.05) is 22.6 Å². The molecule has 8 heavy (non-hydrogen) atoms. The Hall–Kier alpha value is 0.225. The van der Waals surface area contributed by atoms with Gasteiger partial charge in [-0.25, -0.2) is 0 Å². The molecule has 0 saturated heterocycles. The molecule has 44 valence electrons.